The minimum Gasteiger partial charge on any atom is -0.373 e. The zero-order valence-electron chi connectivity index (χ0n) is 6.34. The lowest BCUT2D eigenvalue weighted by Gasteiger charge is -2.26. The normalized spacial score (nSPS) is 47.0. The van der Waals surface area contributed by atoms with E-state index in [9.17, 15) is 13.2 Å². The number of nitrogens with two attached hydrogens (primary N) is 1. The lowest BCUT2D eigenvalue weighted by molar-refractivity contribution is -0.188. The number of alkyl halides is 3. The predicted octanol–water partition coefficient (Wildman–Crippen LogP) is 1.05. The van der Waals surface area contributed by atoms with Gasteiger partial charge >= 0.3 is 6.18 Å². The van der Waals surface area contributed by atoms with Crippen molar-refractivity contribution in [3.63, 3.8) is 0 Å². The summed E-state index contributed by atoms with van der Waals surface area (Å²) in [6.45, 7) is 0. The molecule has 2 aliphatic rings. The van der Waals surface area contributed by atoms with E-state index in [2.05, 4.69) is 0 Å². The van der Waals surface area contributed by atoms with Crippen LogP contribution in [-0.2, 0) is 4.74 Å². The van der Waals surface area contributed by atoms with Gasteiger partial charge in [0.25, 0.3) is 0 Å². The lowest BCUT2D eigenvalue weighted by atomic mass is 9.85. The van der Waals surface area contributed by atoms with Crippen molar-refractivity contribution in [2.75, 3.05) is 0 Å². The fourth-order valence-corrected chi connectivity index (χ4v) is 2.14. The number of fused-ring (bicyclic) bond motifs is 2. The van der Waals surface area contributed by atoms with E-state index in [1.54, 1.807) is 0 Å². The molecule has 2 saturated heterocycles. The molecule has 2 nitrogen and oxygen atoms in total. The number of hydrogen-bond donors (Lipinski definition) is 1. The van der Waals surface area contributed by atoms with Gasteiger partial charge in [0.2, 0.25) is 0 Å². The molecule has 4 atom stereocenters. The summed E-state index contributed by atoms with van der Waals surface area (Å²) in [5, 5.41) is 0. The molecule has 0 radical (unpaired) electrons. The van der Waals surface area contributed by atoms with Gasteiger partial charge in [0.1, 0.15) is 0 Å². The first-order valence-electron chi connectivity index (χ1n) is 3.98. The first kappa shape index (κ1) is 8.31. The Labute approximate surface area is 67.9 Å². The minimum atomic E-state index is -4.20. The van der Waals surface area contributed by atoms with Crippen molar-refractivity contribution in [3.05, 3.63) is 0 Å². The van der Waals surface area contributed by atoms with Crippen molar-refractivity contribution in [2.45, 2.75) is 37.3 Å². The van der Waals surface area contributed by atoms with Gasteiger partial charge in [0, 0.05) is 6.04 Å². The summed E-state index contributed by atoms with van der Waals surface area (Å²) >= 11 is 0. The van der Waals surface area contributed by atoms with Crippen molar-refractivity contribution < 1.29 is 17.9 Å². The van der Waals surface area contributed by atoms with Crippen LogP contribution in [0.4, 0.5) is 13.2 Å². The summed E-state index contributed by atoms with van der Waals surface area (Å²) in [5.41, 5.74) is 5.41. The molecule has 2 fully saturated rings. The molecular weight excluding hydrogens is 171 g/mol. The molecule has 70 valence electrons. The fourth-order valence-electron chi connectivity index (χ4n) is 2.14. The third kappa shape index (κ3) is 1.03. The molecule has 5 heteroatoms. The Morgan fingerprint density at radius 3 is 2.08 bits per heavy atom. The fraction of sp³-hybridized carbons (Fsp3) is 1.00. The highest BCUT2D eigenvalue weighted by atomic mass is 19.4. The molecule has 0 aromatic heterocycles. The van der Waals surface area contributed by atoms with E-state index >= 15 is 0 Å². The van der Waals surface area contributed by atoms with E-state index in [-0.39, 0.29) is 6.10 Å². The topological polar surface area (TPSA) is 35.2 Å². The van der Waals surface area contributed by atoms with Crippen molar-refractivity contribution in [1.29, 1.82) is 0 Å². The Balaban J connectivity index is 2.17. The summed E-state index contributed by atoms with van der Waals surface area (Å²) in [4.78, 5) is 0. The largest absolute Gasteiger partial charge is 0.395 e. The number of rotatable bonds is 0. The second kappa shape index (κ2) is 2.35. The Hall–Kier alpha value is -0.290. The molecule has 12 heavy (non-hydrogen) atoms. The maximum Gasteiger partial charge on any atom is 0.395 e. The highest BCUT2D eigenvalue weighted by Crippen LogP contribution is 2.45. The van der Waals surface area contributed by atoms with Crippen molar-refractivity contribution in [1.82, 2.24) is 0 Å². The SMILES string of the molecule is NC1C2CCC(O2)C1C(F)(F)F. The van der Waals surface area contributed by atoms with Crippen LogP contribution in [0.3, 0.4) is 0 Å². The van der Waals surface area contributed by atoms with Gasteiger partial charge in [-0.25, -0.2) is 0 Å². The molecule has 2 N–H and O–H groups in total. The summed E-state index contributed by atoms with van der Waals surface area (Å²) in [6.07, 6.45) is -4.05. The molecule has 2 heterocycles. The van der Waals surface area contributed by atoms with E-state index in [1.807, 2.05) is 0 Å². The van der Waals surface area contributed by atoms with Crippen LogP contribution in [-0.4, -0.2) is 24.4 Å². The quantitative estimate of drug-likeness (QED) is 0.606. The predicted molar refractivity (Wildman–Crippen MR) is 35.4 cm³/mol. The van der Waals surface area contributed by atoms with E-state index in [4.69, 9.17) is 10.5 Å². The van der Waals surface area contributed by atoms with Crippen LogP contribution < -0.4 is 5.73 Å². The van der Waals surface area contributed by atoms with Gasteiger partial charge in [-0.2, -0.15) is 13.2 Å². The van der Waals surface area contributed by atoms with Gasteiger partial charge in [-0.05, 0) is 12.8 Å². The third-order valence-electron chi connectivity index (χ3n) is 2.71. The first-order chi connectivity index (χ1) is 5.50. The van der Waals surface area contributed by atoms with Crippen LogP contribution in [0.5, 0.6) is 0 Å². The zero-order valence-corrected chi connectivity index (χ0v) is 6.34. The average molecular weight is 181 g/mol. The van der Waals surface area contributed by atoms with Gasteiger partial charge in [-0.1, -0.05) is 0 Å². The second-order valence-electron chi connectivity index (χ2n) is 3.44. The van der Waals surface area contributed by atoms with Crippen molar-refractivity contribution in [3.8, 4) is 0 Å². The van der Waals surface area contributed by atoms with E-state index in [0.717, 1.165) is 0 Å². The molecule has 0 amide bonds. The summed E-state index contributed by atoms with van der Waals surface area (Å²) in [6, 6.07) is -0.844. The smallest absolute Gasteiger partial charge is 0.373 e. The Kier molecular flexibility index (Phi) is 1.63. The van der Waals surface area contributed by atoms with Gasteiger partial charge in [0.15, 0.2) is 0 Å². The average Bonchev–Trinajstić information content (AvgIpc) is 2.42. The molecule has 4 unspecified atom stereocenters. The molecule has 2 bridgehead atoms. The highest BCUT2D eigenvalue weighted by Gasteiger charge is 2.58. The highest BCUT2D eigenvalue weighted by molar-refractivity contribution is 5.01. The molecule has 0 saturated carbocycles. The summed E-state index contributed by atoms with van der Waals surface area (Å²) in [5.74, 6) is -1.43. The Morgan fingerprint density at radius 2 is 1.75 bits per heavy atom. The van der Waals surface area contributed by atoms with Gasteiger partial charge in [-0.15, -0.1) is 0 Å². The molecular formula is C7H10F3NO. The van der Waals surface area contributed by atoms with Gasteiger partial charge < -0.3 is 10.5 Å². The maximum atomic E-state index is 12.3. The molecule has 0 spiro atoms. The zero-order chi connectivity index (χ0) is 8.93. The van der Waals surface area contributed by atoms with Crippen LogP contribution in [0.1, 0.15) is 12.8 Å². The van der Waals surface area contributed by atoms with Crippen LogP contribution in [0, 0.1) is 5.92 Å². The van der Waals surface area contributed by atoms with Crippen LogP contribution in [0.25, 0.3) is 0 Å². The number of ether oxygens (including phenoxy) is 1. The maximum absolute atomic E-state index is 12.3. The third-order valence-corrected chi connectivity index (χ3v) is 2.71. The molecule has 0 aliphatic carbocycles. The Bertz CT molecular complexity index is 192. The summed E-state index contributed by atoms with van der Waals surface area (Å²) in [7, 11) is 0. The molecule has 2 aliphatic heterocycles. The lowest BCUT2D eigenvalue weighted by Crippen LogP contribution is -2.47. The van der Waals surface area contributed by atoms with E-state index < -0.39 is 24.2 Å². The van der Waals surface area contributed by atoms with Crippen molar-refractivity contribution >= 4 is 0 Å². The Morgan fingerprint density at radius 1 is 1.17 bits per heavy atom. The molecule has 0 aromatic rings. The number of hydrogen-bond acceptors (Lipinski definition) is 2. The standard InChI is InChI=1S/C7H10F3NO/c8-7(9,10)5-3-1-2-4(12-3)6(5)11/h3-6H,1-2,11H2. The van der Waals surface area contributed by atoms with Gasteiger partial charge in [0.05, 0.1) is 18.1 Å². The molecule has 2 rings (SSSR count). The second-order valence-corrected chi connectivity index (χ2v) is 3.44. The summed E-state index contributed by atoms with van der Waals surface area (Å²) < 4.78 is 42.0. The van der Waals surface area contributed by atoms with Crippen LogP contribution >= 0.6 is 0 Å². The minimum absolute atomic E-state index is 0.360. The monoisotopic (exact) mass is 181 g/mol. The van der Waals surface area contributed by atoms with Crippen molar-refractivity contribution in [2.24, 2.45) is 11.7 Å². The van der Waals surface area contributed by atoms with Crippen LogP contribution in [0.2, 0.25) is 0 Å². The van der Waals surface area contributed by atoms with Gasteiger partial charge in [-0.3, -0.25) is 0 Å². The first-order valence-corrected chi connectivity index (χ1v) is 3.98. The number of halogens is 3. The van der Waals surface area contributed by atoms with E-state index in [0.29, 0.717) is 12.8 Å². The van der Waals surface area contributed by atoms with E-state index in [1.165, 1.54) is 0 Å². The molecule has 0 aromatic carbocycles. The van der Waals surface area contributed by atoms with Crippen LogP contribution in [0.15, 0.2) is 0 Å².